The molecule has 6 nitrogen and oxygen atoms in total. The summed E-state index contributed by atoms with van der Waals surface area (Å²) in [7, 11) is 0. The van der Waals surface area contributed by atoms with Crippen molar-refractivity contribution in [3.63, 3.8) is 0 Å². The lowest BCUT2D eigenvalue weighted by atomic mass is 10.1. The Labute approximate surface area is 119 Å². The largest absolute Gasteiger partial charge is 0.508 e. The standard InChI is InChI=1S/C15H12O6/c16-9-6-13(20)15(14(21)7-9)11(18)4-2-8-1-3-10(17)12(19)5-8/h1-7,16-17,19-21H/b4-2-. The van der Waals surface area contributed by atoms with Crippen LogP contribution in [0.1, 0.15) is 15.9 Å². The zero-order valence-corrected chi connectivity index (χ0v) is 10.7. The molecular formula is C15H12O6. The topological polar surface area (TPSA) is 118 Å². The molecule has 2 rings (SSSR count). The van der Waals surface area contributed by atoms with E-state index < -0.39 is 17.3 Å². The molecule has 0 atom stereocenters. The van der Waals surface area contributed by atoms with Crippen LogP contribution >= 0.6 is 0 Å². The Bertz CT molecular complexity index is 710. The van der Waals surface area contributed by atoms with Gasteiger partial charge in [0.05, 0.1) is 0 Å². The Morgan fingerprint density at radius 3 is 2.00 bits per heavy atom. The molecule has 0 bridgehead atoms. The minimum absolute atomic E-state index is 0.285. The van der Waals surface area contributed by atoms with Crippen LogP contribution in [0.5, 0.6) is 28.7 Å². The van der Waals surface area contributed by atoms with Crippen molar-refractivity contribution in [2.24, 2.45) is 0 Å². The normalized spacial score (nSPS) is 10.9. The molecule has 21 heavy (non-hydrogen) atoms. The lowest BCUT2D eigenvalue weighted by Gasteiger charge is -2.04. The number of aromatic hydroxyl groups is 5. The van der Waals surface area contributed by atoms with Crippen LogP contribution in [0.25, 0.3) is 6.08 Å². The van der Waals surface area contributed by atoms with Gasteiger partial charge in [0.25, 0.3) is 0 Å². The summed E-state index contributed by atoms with van der Waals surface area (Å²) in [4.78, 5) is 11.9. The highest BCUT2D eigenvalue weighted by Crippen LogP contribution is 2.32. The summed E-state index contributed by atoms with van der Waals surface area (Å²) in [6, 6.07) is 5.85. The van der Waals surface area contributed by atoms with Crippen LogP contribution in [-0.4, -0.2) is 31.3 Å². The van der Waals surface area contributed by atoms with Gasteiger partial charge in [-0.05, 0) is 23.8 Å². The molecule has 0 heterocycles. The minimum atomic E-state index is -0.683. The average molecular weight is 288 g/mol. The summed E-state index contributed by atoms with van der Waals surface area (Å²) in [5.74, 6) is -2.76. The van der Waals surface area contributed by atoms with Crippen molar-refractivity contribution in [2.45, 2.75) is 0 Å². The smallest absolute Gasteiger partial charge is 0.193 e. The van der Waals surface area contributed by atoms with E-state index in [1.807, 2.05) is 0 Å². The van der Waals surface area contributed by atoms with E-state index in [0.717, 1.165) is 18.2 Å². The number of carbonyl (C=O) groups excluding carboxylic acids is 1. The first-order chi connectivity index (χ1) is 9.88. The van der Waals surface area contributed by atoms with Gasteiger partial charge in [-0.15, -0.1) is 0 Å². The molecule has 0 saturated carbocycles. The van der Waals surface area contributed by atoms with Crippen molar-refractivity contribution >= 4 is 11.9 Å². The van der Waals surface area contributed by atoms with E-state index in [-0.39, 0.29) is 22.8 Å². The fraction of sp³-hybridized carbons (Fsp3) is 0. The Kier molecular flexibility index (Phi) is 3.71. The fourth-order valence-electron chi connectivity index (χ4n) is 1.75. The number of hydrogen-bond donors (Lipinski definition) is 5. The summed E-state index contributed by atoms with van der Waals surface area (Å²) < 4.78 is 0. The van der Waals surface area contributed by atoms with E-state index >= 15 is 0 Å². The molecule has 0 aliphatic heterocycles. The van der Waals surface area contributed by atoms with Crippen molar-refractivity contribution in [3.05, 3.63) is 47.5 Å². The van der Waals surface area contributed by atoms with Crippen molar-refractivity contribution < 1.29 is 30.3 Å². The molecule has 2 aromatic carbocycles. The van der Waals surface area contributed by atoms with Crippen LogP contribution < -0.4 is 0 Å². The highest BCUT2D eigenvalue weighted by Gasteiger charge is 2.15. The molecule has 0 spiro atoms. The van der Waals surface area contributed by atoms with E-state index in [1.165, 1.54) is 24.3 Å². The maximum absolute atomic E-state index is 11.9. The minimum Gasteiger partial charge on any atom is -0.508 e. The van der Waals surface area contributed by atoms with E-state index in [1.54, 1.807) is 0 Å². The highest BCUT2D eigenvalue weighted by atomic mass is 16.3. The lowest BCUT2D eigenvalue weighted by Crippen LogP contribution is -1.95. The summed E-state index contributed by atoms with van der Waals surface area (Å²) in [5.41, 5.74) is 0.100. The first-order valence-corrected chi connectivity index (χ1v) is 5.88. The first-order valence-electron chi connectivity index (χ1n) is 5.88. The van der Waals surface area contributed by atoms with Crippen molar-refractivity contribution in [1.29, 1.82) is 0 Å². The molecule has 0 saturated heterocycles. The van der Waals surface area contributed by atoms with Gasteiger partial charge in [0.15, 0.2) is 17.3 Å². The second-order valence-electron chi connectivity index (χ2n) is 4.30. The van der Waals surface area contributed by atoms with Gasteiger partial charge in [0.1, 0.15) is 22.8 Å². The molecule has 0 aliphatic rings. The summed E-state index contributed by atoms with van der Waals surface area (Å²) in [6.07, 6.45) is 2.42. The Morgan fingerprint density at radius 1 is 0.810 bits per heavy atom. The van der Waals surface area contributed by atoms with E-state index in [4.69, 9.17) is 10.2 Å². The number of rotatable bonds is 3. The maximum Gasteiger partial charge on any atom is 0.193 e. The summed E-state index contributed by atoms with van der Waals surface area (Å²) >= 11 is 0. The second-order valence-corrected chi connectivity index (χ2v) is 4.30. The average Bonchev–Trinajstić information content (AvgIpc) is 2.39. The Hall–Kier alpha value is -3.15. The van der Waals surface area contributed by atoms with Gasteiger partial charge in [-0.3, -0.25) is 4.79 Å². The van der Waals surface area contributed by atoms with Crippen LogP contribution in [0.2, 0.25) is 0 Å². The molecular weight excluding hydrogens is 276 g/mol. The monoisotopic (exact) mass is 288 g/mol. The van der Waals surface area contributed by atoms with Gasteiger partial charge in [-0.2, -0.15) is 0 Å². The van der Waals surface area contributed by atoms with Gasteiger partial charge in [0, 0.05) is 12.1 Å². The second kappa shape index (κ2) is 5.46. The number of allylic oxidation sites excluding steroid dienone is 1. The predicted octanol–water partition coefficient (Wildman–Crippen LogP) is 2.11. The van der Waals surface area contributed by atoms with E-state index in [0.29, 0.717) is 5.56 Å². The molecule has 0 aliphatic carbocycles. The van der Waals surface area contributed by atoms with Crippen LogP contribution in [0.15, 0.2) is 36.4 Å². The van der Waals surface area contributed by atoms with Crippen LogP contribution in [-0.2, 0) is 0 Å². The SMILES string of the molecule is O=C(/C=C\c1ccc(O)c(O)c1)c1c(O)cc(O)cc1O. The molecule has 0 radical (unpaired) electrons. The van der Waals surface area contributed by atoms with Gasteiger partial charge in [0.2, 0.25) is 0 Å². The van der Waals surface area contributed by atoms with Crippen LogP contribution in [0, 0.1) is 0 Å². The van der Waals surface area contributed by atoms with Gasteiger partial charge >= 0.3 is 0 Å². The van der Waals surface area contributed by atoms with Crippen molar-refractivity contribution in [3.8, 4) is 28.7 Å². The Balaban J connectivity index is 2.29. The van der Waals surface area contributed by atoms with Crippen molar-refractivity contribution in [1.82, 2.24) is 0 Å². The van der Waals surface area contributed by atoms with Crippen LogP contribution in [0.4, 0.5) is 0 Å². The van der Waals surface area contributed by atoms with Gasteiger partial charge in [-0.25, -0.2) is 0 Å². The number of hydrogen-bond acceptors (Lipinski definition) is 6. The molecule has 0 aromatic heterocycles. The summed E-state index contributed by atoms with van der Waals surface area (Å²) in [6.45, 7) is 0. The van der Waals surface area contributed by atoms with E-state index in [2.05, 4.69) is 0 Å². The molecule has 0 fully saturated rings. The third-order valence-corrected chi connectivity index (χ3v) is 2.75. The fourth-order valence-corrected chi connectivity index (χ4v) is 1.75. The van der Waals surface area contributed by atoms with Gasteiger partial charge < -0.3 is 25.5 Å². The molecule has 108 valence electrons. The number of carbonyl (C=O) groups is 1. The highest BCUT2D eigenvalue weighted by molar-refractivity contribution is 6.10. The first kappa shape index (κ1) is 14.3. The maximum atomic E-state index is 11.9. The summed E-state index contributed by atoms with van der Waals surface area (Å²) in [5, 5.41) is 46.8. The lowest BCUT2D eigenvalue weighted by molar-refractivity contribution is 0.104. The third-order valence-electron chi connectivity index (χ3n) is 2.75. The molecule has 0 amide bonds. The van der Waals surface area contributed by atoms with Crippen molar-refractivity contribution in [2.75, 3.05) is 0 Å². The zero-order chi connectivity index (χ0) is 15.6. The third kappa shape index (κ3) is 3.06. The number of phenolic OH excluding ortho intramolecular Hbond substituents is 5. The Morgan fingerprint density at radius 2 is 1.43 bits per heavy atom. The quantitative estimate of drug-likeness (QED) is 0.335. The molecule has 2 aromatic rings. The van der Waals surface area contributed by atoms with Crippen LogP contribution in [0.3, 0.4) is 0 Å². The number of phenols is 5. The molecule has 5 N–H and O–H groups in total. The number of benzene rings is 2. The molecule has 6 heteroatoms. The predicted molar refractivity (Wildman–Crippen MR) is 74.6 cm³/mol. The molecule has 0 unspecified atom stereocenters. The number of ketones is 1. The zero-order valence-electron chi connectivity index (χ0n) is 10.7. The van der Waals surface area contributed by atoms with E-state index in [9.17, 15) is 20.1 Å². The van der Waals surface area contributed by atoms with Gasteiger partial charge in [-0.1, -0.05) is 12.1 Å².